The second-order valence-electron chi connectivity index (χ2n) is 9.16. The normalized spacial score (nSPS) is 23.1. The van der Waals surface area contributed by atoms with Gasteiger partial charge in [-0.15, -0.1) is 0 Å². The highest BCUT2D eigenvalue weighted by Crippen LogP contribution is 2.42. The van der Waals surface area contributed by atoms with Crippen LogP contribution in [-0.4, -0.2) is 26.1 Å². The summed E-state index contributed by atoms with van der Waals surface area (Å²) < 4.78 is 2.61. The number of nitrogens with zero attached hydrogens (tertiary/aromatic N) is 3. The largest absolute Gasteiger partial charge is 0.352 e. The second kappa shape index (κ2) is 8.47. The average molecular weight is 411 g/mol. The standard InChI is InChI=1S/C24H34N4S/c1-16(2)15-27-23(22(26-24(27)29)21-12-8-9-13-25-21)20-14-17(3)28(18(20)4)19-10-6-5-7-11-19/h8-9,12-14,16,19,22-23H,5-7,10-11,15H2,1-4H3,(H,26,29)/t22-,23+/m0/s1. The molecule has 0 radical (unpaired) electrons. The monoisotopic (exact) mass is 410 g/mol. The van der Waals surface area contributed by atoms with E-state index in [9.17, 15) is 0 Å². The minimum atomic E-state index is 0.0859. The van der Waals surface area contributed by atoms with Gasteiger partial charge in [-0.3, -0.25) is 4.98 Å². The third kappa shape index (κ3) is 3.94. The predicted molar refractivity (Wildman–Crippen MR) is 123 cm³/mol. The van der Waals surface area contributed by atoms with Gasteiger partial charge in [-0.2, -0.15) is 0 Å². The Morgan fingerprint density at radius 1 is 1.17 bits per heavy atom. The topological polar surface area (TPSA) is 33.1 Å². The molecule has 2 atom stereocenters. The first-order valence-corrected chi connectivity index (χ1v) is 11.5. The highest BCUT2D eigenvalue weighted by Gasteiger charge is 2.41. The first-order valence-electron chi connectivity index (χ1n) is 11.1. The van der Waals surface area contributed by atoms with Crippen LogP contribution in [-0.2, 0) is 0 Å². The van der Waals surface area contributed by atoms with Crippen molar-refractivity contribution in [2.75, 3.05) is 6.54 Å². The van der Waals surface area contributed by atoms with Crippen LogP contribution in [0.5, 0.6) is 0 Å². The third-order valence-corrected chi connectivity index (χ3v) is 6.89. The molecule has 1 saturated carbocycles. The van der Waals surface area contributed by atoms with Crippen molar-refractivity contribution in [3.63, 3.8) is 0 Å². The maximum absolute atomic E-state index is 5.80. The van der Waals surface area contributed by atoms with Crippen molar-refractivity contribution in [2.24, 2.45) is 5.92 Å². The fourth-order valence-corrected chi connectivity index (χ4v) is 5.65. The summed E-state index contributed by atoms with van der Waals surface area (Å²) in [5.74, 6) is 0.543. The number of aromatic nitrogens is 2. The molecular weight excluding hydrogens is 376 g/mol. The van der Waals surface area contributed by atoms with Gasteiger partial charge in [-0.1, -0.05) is 39.2 Å². The summed E-state index contributed by atoms with van der Waals surface area (Å²) in [6.45, 7) is 10.1. The van der Waals surface area contributed by atoms with E-state index in [0.717, 1.165) is 17.4 Å². The SMILES string of the molecule is Cc1cc([C@@H]2[C@H](c3ccccn3)NC(=S)N2CC(C)C)c(C)n1C1CCCCC1. The van der Waals surface area contributed by atoms with Gasteiger partial charge in [0.25, 0.3) is 0 Å². The summed E-state index contributed by atoms with van der Waals surface area (Å²) in [5.41, 5.74) is 5.25. The number of hydrogen-bond acceptors (Lipinski definition) is 2. The summed E-state index contributed by atoms with van der Waals surface area (Å²) >= 11 is 5.80. The first-order chi connectivity index (χ1) is 14.0. The maximum Gasteiger partial charge on any atom is 0.170 e. The van der Waals surface area contributed by atoms with Crippen LogP contribution < -0.4 is 5.32 Å². The number of thiocarbonyl (C=S) groups is 1. The summed E-state index contributed by atoms with van der Waals surface area (Å²) in [6.07, 6.45) is 8.57. The zero-order valence-corrected chi connectivity index (χ0v) is 19.0. The molecular formula is C24H34N4S. The van der Waals surface area contributed by atoms with Crippen molar-refractivity contribution in [3.05, 3.63) is 53.1 Å². The summed E-state index contributed by atoms with van der Waals surface area (Å²) in [5, 5.41) is 4.44. The lowest BCUT2D eigenvalue weighted by Crippen LogP contribution is -2.33. The van der Waals surface area contributed by atoms with E-state index in [2.05, 4.69) is 65.7 Å². The van der Waals surface area contributed by atoms with Crippen molar-refractivity contribution in [3.8, 4) is 0 Å². The average Bonchev–Trinajstić information content (AvgIpc) is 3.18. The molecule has 3 heterocycles. The van der Waals surface area contributed by atoms with Gasteiger partial charge in [0.1, 0.15) is 0 Å². The van der Waals surface area contributed by atoms with E-state index in [-0.39, 0.29) is 12.1 Å². The van der Waals surface area contributed by atoms with Gasteiger partial charge in [-0.25, -0.2) is 0 Å². The molecule has 2 aromatic rings. The Morgan fingerprint density at radius 2 is 1.93 bits per heavy atom. The lowest BCUT2D eigenvalue weighted by atomic mass is 9.94. The molecule has 156 valence electrons. The van der Waals surface area contributed by atoms with Gasteiger partial charge in [0.15, 0.2) is 5.11 Å². The maximum atomic E-state index is 5.80. The molecule has 29 heavy (non-hydrogen) atoms. The number of pyridine rings is 1. The zero-order valence-electron chi connectivity index (χ0n) is 18.2. The van der Waals surface area contributed by atoms with Crippen LogP contribution in [0.4, 0.5) is 0 Å². The molecule has 1 aliphatic heterocycles. The van der Waals surface area contributed by atoms with E-state index in [1.165, 1.54) is 49.1 Å². The molecule has 1 N–H and O–H groups in total. The van der Waals surface area contributed by atoms with Gasteiger partial charge >= 0.3 is 0 Å². The quantitative estimate of drug-likeness (QED) is 0.647. The van der Waals surface area contributed by atoms with Crippen LogP contribution in [0.25, 0.3) is 0 Å². The van der Waals surface area contributed by atoms with E-state index in [1.807, 2.05) is 12.3 Å². The van der Waals surface area contributed by atoms with E-state index >= 15 is 0 Å². The van der Waals surface area contributed by atoms with Crippen LogP contribution in [0.15, 0.2) is 30.5 Å². The Labute approximate surface area is 180 Å². The number of rotatable bonds is 5. The number of hydrogen-bond donors (Lipinski definition) is 1. The molecule has 2 aromatic heterocycles. The lowest BCUT2D eigenvalue weighted by Gasteiger charge is -2.30. The Hall–Kier alpha value is -1.88. The Balaban J connectivity index is 1.76. The number of aryl methyl sites for hydroxylation is 1. The highest BCUT2D eigenvalue weighted by atomic mass is 32.1. The molecule has 4 nitrogen and oxygen atoms in total. The Bertz CT molecular complexity index is 851. The fraction of sp³-hybridized carbons (Fsp3) is 0.583. The minimum absolute atomic E-state index is 0.0859. The number of nitrogens with one attached hydrogen (secondary N) is 1. The Morgan fingerprint density at radius 3 is 2.59 bits per heavy atom. The van der Waals surface area contributed by atoms with E-state index in [4.69, 9.17) is 12.2 Å². The molecule has 0 bridgehead atoms. The molecule has 1 saturated heterocycles. The van der Waals surface area contributed by atoms with Gasteiger partial charge < -0.3 is 14.8 Å². The van der Waals surface area contributed by atoms with Crippen LogP contribution in [0.1, 0.15) is 86.7 Å². The van der Waals surface area contributed by atoms with Crippen molar-refractivity contribution in [2.45, 2.75) is 77.9 Å². The van der Waals surface area contributed by atoms with Crippen molar-refractivity contribution in [1.29, 1.82) is 0 Å². The van der Waals surface area contributed by atoms with Gasteiger partial charge in [0.05, 0.1) is 17.8 Å². The zero-order chi connectivity index (χ0) is 20.5. The van der Waals surface area contributed by atoms with Crippen LogP contribution in [0.3, 0.4) is 0 Å². The molecule has 5 heteroatoms. The molecule has 0 unspecified atom stereocenters. The van der Waals surface area contributed by atoms with Crippen molar-refractivity contribution < 1.29 is 0 Å². The van der Waals surface area contributed by atoms with Crippen molar-refractivity contribution in [1.82, 2.24) is 19.8 Å². The van der Waals surface area contributed by atoms with Crippen LogP contribution >= 0.6 is 12.2 Å². The lowest BCUT2D eigenvalue weighted by molar-refractivity contribution is 0.285. The van der Waals surface area contributed by atoms with Crippen LogP contribution in [0.2, 0.25) is 0 Å². The molecule has 0 aromatic carbocycles. The molecule has 2 fully saturated rings. The summed E-state index contributed by atoms with van der Waals surface area (Å²) in [4.78, 5) is 7.07. The van der Waals surface area contributed by atoms with E-state index in [0.29, 0.717) is 12.0 Å². The predicted octanol–water partition coefficient (Wildman–Crippen LogP) is 5.63. The van der Waals surface area contributed by atoms with Crippen LogP contribution in [0, 0.1) is 19.8 Å². The molecule has 0 spiro atoms. The molecule has 4 rings (SSSR count). The highest BCUT2D eigenvalue weighted by molar-refractivity contribution is 7.80. The molecule has 1 aliphatic carbocycles. The minimum Gasteiger partial charge on any atom is -0.352 e. The van der Waals surface area contributed by atoms with Gasteiger partial charge in [0, 0.05) is 30.2 Å². The summed E-state index contributed by atoms with van der Waals surface area (Å²) in [7, 11) is 0. The Kier molecular flexibility index (Phi) is 5.95. The fourth-order valence-electron chi connectivity index (χ4n) is 5.34. The molecule has 2 aliphatic rings. The van der Waals surface area contributed by atoms with E-state index < -0.39 is 0 Å². The van der Waals surface area contributed by atoms with Gasteiger partial charge in [0.2, 0.25) is 0 Å². The van der Waals surface area contributed by atoms with Gasteiger partial charge in [-0.05, 0) is 68.6 Å². The second-order valence-corrected chi connectivity index (χ2v) is 9.55. The van der Waals surface area contributed by atoms with E-state index in [1.54, 1.807) is 0 Å². The first kappa shape index (κ1) is 20.4. The summed E-state index contributed by atoms with van der Waals surface area (Å²) in [6, 6.07) is 9.49. The third-order valence-electron chi connectivity index (χ3n) is 6.54. The smallest absolute Gasteiger partial charge is 0.170 e. The van der Waals surface area contributed by atoms with Crippen molar-refractivity contribution >= 4 is 17.3 Å². The molecule has 0 amide bonds.